The molecule has 4 N–H and O–H groups in total. The van der Waals surface area contributed by atoms with Crippen molar-refractivity contribution in [3.8, 4) is 11.5 Å². The van der Waals surface area contributed by atoms with E-state index in [0.29, 0.717) is 16.7 Å². The number of para-hydroxylation sites is 3. The molecule has 9 nitrogen and oxygen atoms in total. The molecule has 9 heteroatoms. The summed E-state index contributed by atoms with van der Waals surface area (Å²) in [6.45, 7) is 0. The number of aliphatic imine (C=N–C) groups is 1. The largest absolute Gasteiger partial charge is 0.448 e. The number of rotatable bonds is 4. The fourth-order valence-electron chi connectivity index (χ4n) is 2.37. The molecule has 0 spiro atoms. The Kier molecular flexibility index (Phi) is 4.52. The maximum atomic E-state index is 12.1. The molecule has 0 radical (unpaired) electrons. The van der Waals surface area contributed by atoms with Gasteiger partial charge in [0.2, 0.25) is 5.75 Å². The Hall–Kier alpha value is -3.88. The van der Waals surface area contributed by atoms with Gasteiger partial charge >= 0.3 is 5.69 Å². The summed E-state index contributed by atoms with van der Waals surface area (Å²) in [6.07, 6.45) is 0. The summed E-state index contributed by atoms with van der Waals surface area (Å²) in [5, 5.41) is 14.4. The smallest absolute Gasteiger partial charge is 0.311 e. The molecule has 1 amide bonds. The highest BCUT2D eigenvalue weighted by Crippen LogP contribution is 2.34. The Morgan fingerprint density at radius 1 is 1.23 bits per heavy atom. The molecule has 3 rings (SSSR count). The third kappa shape index (κ3) is 3.31. The first kappa shape index (κ1) is 17.0. The van der Waals surface area contributed by atoms with Gasteiger partial charge in [-0.3, -0.25) is 14.9 Å². The quantitative estimate of drug-likeness (QED) is 0.285. The van der Waals surface area contributed by atoms with Crippen molar-refractivity contribution in [1.82, 2.24) is 10.3 Å². The van der Waals surface area contributed by atoms with E-state index in [1.807, 2.05) is 0 Å². The number of hydrogen-bond acceptors (Lipinski definition) is 4. The summed E-state index contributed by atoms with van der Waals surface area (Å²) in [5.74, 6) is -0.110. The molecule has 0 atom stereocenters. The van der Waals surface area contributed by atoms with Gasteiger partial charge in [0.05, 0.1) is 10.4 Å². The van der Waals surface area contributed by atoms with Crippen molar-refractivity contribution in [2.45, 2.75) is 0 Å². The van der Waals surface area contributed by atoms with Gasteiger partial charge in [0.1, 0.15) is 5.69 Å². The zero-order chi connectivity index (χ0) is 18.7. The van der Waals surface area contributed by atoms with Crippen molar-refractivity contribution in [2.75, 3.05) is 7.05 Å². The molecule has 0 saturated carbocycles. The summed E-state index contributed by atoms with van der Waals surface area (Å²) in [7, 11) is 1.55. The molecular formula is C17H15N5O4. The highest BCUT2D eigenvalue weighted by atomic mass is 16.6. The van der Waals surface area contributed by atoms with E-state index in [-0.39, 0.29) is 23.1 Å². The molecular weight excluding hydrogens is 338 g/mol. The molecule has 3 aromatic rings. The first-order valence-corrected chi connectivity index (χ1v) is 7.59. The number of nitrogens with zero attached hydrogens (tertiary/aromatic N) is 2. The summed E-state index contributed by atoms with van der Waals surface area (Å²) in [6, 6.07) is 12.8. The SMILES string of the molecule is CNC(N)=NC(=O)c1cc2cccc(Oc3ccccc3[N+](=O)[O-])c2[nH]1. The molecule has 0 saturated heterocycles. The van der Waals surface area contributed by atoms with Gasteiger partial charge in [-0.1, -0.05) is 24.3 Å². The maximum absolute atomic E-state index is 12.1. The van der Waals surface area contributed by atoms with Gasteiger partial charge in [0.15, 0.2) is 11.7 Å². The molecule has 0 unspecified atom stereocenters. The number of carbonyl (C=O) groups is 1. The lowest BCUT2D eigenvalue weighted by Crippen LogP contribution is -2.28. The summed E-state index contributed by atoms with van der Waals surface area (Å²) in [5.41, 5.74) is 6.08. The number of benzene rings is 2. The van der Waals surface area contributed by atoms with Gasteiger partial charge in [-0.15, -0.1) is 0 Å². The van der Waals surface area contributed by atoms with Crippen LogP contribution in [-0.2, 0) is 0 Å². The molecule has 2 aromatic carbocycles. The van der Waals surface area contributed by atoms with Crippen LogP contribution in [0.2, 0.25) is 0 Å². The van der Waals surface area contributed by atoms with Crippen LogP contribution in [0.4, 0.5) is 5.69 Å². The molecule has 26 heavy (non-hydrogen) atoms. The number of nitrogens with one attached hydrogen (secondary N) is 2. The number of fused-ring (bicyclic) bond motifs is 1. The predicted octanol–water partition coefficient (Wildman–Crippen LogP) is 2.54. The van der Waals surface area contributed by atoms with Crippen molar-refractivity contribution in [1.29, 1.82) is 0 Å². The van der Waals surface area contributed by atoms with Crippen LogP contribution in [-0.4, -0.2) is 28.8 Å². The van der Waals surface area contributed by atoms with E-state index >= 15 is 0 Å². The number of nitro benzene ring substituents is 1. The number of amides is 1. The van der Waals surface area contributed by atoms with E-state index in [1.54, 1.807) is 43.4 Å². The van der Waals surface area contributed by atoms with Crippen molar-refractivity contribution in [3.05, 3.63) is 64.3 Å². The molecule has 1 aromatic heterocycles. The standard InChI is InChI=1S/C17H15N5O4/c1-19-17(18)21-16(23)11-9-10-5-4-8-14(15(10)20-11)26-13-7-3-2-6-12(13)22(24)25/h2-9,20H,1H3,(H3,18,19,21,23). The number of aromatic nitrogens is 1. The van der Waals surface area contributed by atoms with Gasteiger partial charge in [-0.25, -0.2) is 0 Å². The van der Waals surface area contributed by atoms with Crippen molar-refractivity contribution in [2.24, 2.45) is 10.7 Å². The molecule has 1 heterocycles. The molecule has 0 bridgehead atoms. The van der Waals surface area contributed by atoms with E-state index in [2.05, 4.69) is 15.3 Å². The number of aromatic amines is 1. The Balaban J connectivity index is 2.01. The number of nitro groups is 1. The Morgan fingerprint density at radius 3 is 2.69 bits per heavy atom. The number of hydrogen-bond donors (Lipinski definition) is 3. The zero-order valence-corrected chi connectivity index (χ0v) is 13.7. The van der Waals surface area contributed by atoms with Crippen LogP contribution in [0.3, 0.4) is 0 Å². The maximum Gasteiger partial charge on any atom is 0.311 e. The molecule has 0 aliphatic rings. The second kappa shape index (κ2) is 6.93. The third-order valence-corrected chi connectivity index (χ3v) is 3.61. The summed E-state index contributed by atoms with van der Waals surface area (Å²) >= 11 is 0. The van der Waals surface area contributed by atoms with Crippen LogP contribution in [0.5, 0.6) is 11.5 Å². The minimum Gasteiger partial charge on any atom is -0.448 e. The number of nitrogens with two attached hydrogens (primary N) is 1. The minimum absolute atomic E-state index is 0.00922. The highest BCUT2D eigenvalue weighted by molar-refractivity contribution is 6.04. The van der Waals surface area contributed by atoms with Crippen molar-refractivity contribution >= 4 is 28.5 Å². The molecule has 0 fully saturated rings. The lowest BCUT2D eigenvalue weighted by Gasteiger charge is -2.07. The molecule has 0 aliphatic carbocycles. The van der Waals surface area contributed by atoms with E-state index in [4.69, 9.17) is 10.5 Å². The number of carbonyl (C=O) groups excluding carboxylic acids is 1. The second-order valence-electron chi connectivity index (χ2n) is 5.28. The van der Waals surface area contributed by atoms with Crippen LogP contribution >= 0.6 is 0 Å². The van der Waals surface area contributed by atoms with E-state index in [9.17, 15) is 14.9 Å². The van der Waals surface area contributed by atoms with Crippen LogP contribution in [0.25, 0.3) is 10.9 Å². The lowest BCUT2D eigenvalue weighted by atomic mass is 10.2. The van der Waals surface area contributed by atoms with Crippen LogP contribution in [0.15, 0.2) is 53.5 Å². The van der Waals surface area contributed by atoms with E-state index in [0.717, 1.165) is 0 Å². The first-order chi connectivity index (χ1) is 12.5. The van der Waals surface area contributed by atoms with Gasteiger partial charge in [0.25, 0.3) is 5.91 Å². The average Bonchev–Trinajstić information content (AvgIpc) is 3.07. The van der Waals surface area contributed by atoms with Gasteiger partial charge in [0, 0.05) is 18.5 Å². The van der Waals surface area contributed by atoms with Crippen LogP contribution < -0.4 is 15.8 Å². The first-order valence-electron chi connectivity index (χ1n) is 7.59. The minimum atomic E-state index is -0.551. The Morgan fingerprint density at radius 2 is 1.96 bits per heavy atom. The van der Waals surface area contributed by atoms with E-state index < -0.39 is 10.8 Å². The van der Waals surface area contributed by atoms with Crippen LogP contribution in [0.1, 0.15) is 10.5 Å². The average molecular weight is 353 g/mol. The van der Waals surface area contributed by atoms with Gasteiger partial charge < -0.3 is 20.8 Å². The topological polar surface area (TPSA) is 136 Å². The molecule has 132 valence electrons. The molecule has 0 aliphatic heterocycles. The Labute approximate surface area is 147 Å². The zero-order valence-electron chi connectivity index (χ0n) is 13.7. The highest BCUT2D eigenvalue weighted by Gasteiger charge is 2.17. The number of guanidine groups is 1. The third-order valence-electron chi connectivity index (χ3n) is 3.61. The lowest BCUT2D eigenvalue weighted by molar-refractivity contribution is -0.385. The number of ether oxygens (including phenoxy) is 1. The normalized spacial score (nSPS) is 11.3. The fourth-order valence-corrected chi connectivity index (χ4v) is 2.37. The van der Waals surface area contributed by atoms with Crippen molar-refractivity contribution < 1.29 is 14.5 Å². The van der Waals surface area contributed by atoms with Crippen LogP contribution in [0, 0.1) is 10.1 Å². The van der Waals surface area contributed by atoms with Crippen molar-refractivity contribution in [3.63, 3.8) is 0 Å². The number of H-pyrrole nitrogens is 1. The fraction of sp³-hybridized carbons (Fsp3) is 0.0588. The van der Waals surface area contributed by atoms with Gasteiger partial charge in [-0.2, -0.15) is 4.99 Å². The Bertz CT molecular complexity index is 1020. The van der Waals surface area contributed by atoms with E-state index in [1.165, 1.54) is 12.1 Å². The monoisotopic (exact) mass is 353 g/mol. The summed E-state index contributed by atoms with van der Waals surface area (Å²) in [4.78, 5) is 29.4. The predicted molar refractivity (Wildman–Crippen MR) is 96.5 cm³/mol. The van der Waals surface area contributed by atoms with Gasteiger partial charge in [-0.05, 0) is 18.2 Å². The summed E-state index contributed by atoms with van der Waals surface area (Å²) < 4.78 is 5.72. The second-order valence-corrected chi connectivity index (χ2v) is 5.28.